The summed E-state index contributed by atoms with van der Waals surface area (Å²) in [5.74, 6) is 5.58. The van der Waals surface area contributed by atoms with Crippen molar-refractivity contribution in [3.8, 4) is 0 Å². The molecule has 0 amide bonds. The van der Waals surface area contributed by atoms with Gasteiger partial charge in [0.15, 0.2) is 0 Å². The van der Waals surface area contributed by atoms with E-state index in [2.05, 4.69) is 21.4 Å². The van der Waals surface area contributed by atoms with Crippen LogP contribution in [0.15, 0.2) is 21.3 Å². The van der Waals surface area contributed by atoms with Gasteiger partial charge >= 0.3 is 0 Å². The highest BCUT2D eigenvalue weighted by Gasteiger charge is 2.20. The second-order valence-corrected chi connectivity index (χ2v) is 6.94. The van der Waals surface area contributed by atoms with E-state index in [-0.39, 0.29) is 6.04 Å². The van der Waals surface area contributed by atoms with Crippen molar-refractivity contribution < 1.29 is 0 Å². The zero-order chi connectivity index (χ0) is 11.7. The van der Waals surface area contributed by atoms with Crippen LogP contribution in [0, 0.1) is 0 Å². The average molecular weight is 358 g/mol. The van der Waals surface area contributed by atoms with Gasteiger partial charge in [0.05, 0.1) is 14.7 Å². The molecule has 2 aromatic rings. The molecule has 2 heterocycles. The summed E-state index contributed by atoms with van der Waals surface area (Å²) in [6, 6.07) is 1.69. The van der Waals surface area contributed by atoms with Gasteiger partial charge in [0.2, 0.25) is 0 Å². The van der Waals surface area contributed by atoms with Crippen LogP contribution in [0.25, 0.3) is 0 Å². The fourth-order valence-electron chi connectivity index (χ4n) is 1.39. The van der Waals surface area contributed by atoms with Crippen LogP contribution in [0.4, 0.5) is 0 Å². The predicted molar refractivity (Wildman–Crippen MR) is 75.5 cm³/mol. The lowest BCUT2D eigenvalue weighted by Crippen LogP contribution is -2.28. The van der Waals surface area contributed by atoms with Crippen LogP contribution >= 0.6 is 61.8 Å². The molecule has 0 bridgehead atoms. The monoisotopic (exact) mass is 356 g/mol. The largest absolute Gasteiger partial charge is 0.271 e. The highest BCUT2D eigenvalue weighted by atomic mass is 79.9. The van der Waals surface area contributed by atoms with E-state index in [1.54, 1.807) is 11.3 Å². The van der Waals surface area contributed by atoms with Crippen molar-refractivity contribution in [1.29, 1.82) is 0 Å². The van der Waals surface area contributed by atoms with Gasteiger partial charge in [-0.2, -0.15) is 11.3 Å². The van der Waals surface area contributed by atoms with E-state index in [9.17, 15) is 0 Å². The zero-order valence-corrected chi connectivity index (χ0v) is 12.6. The van der Waals surface area contributed by atoms with Crippen LogP contribution in [-0.4, -0.2) is 0 Å². The molecule has 7 heteroatoms. The van der Waals surface area contributed by atoms with E-state index in [1.165, 1.54) is 11.3 Å². The summed E-state index contributed by atoms with van der Waals surface area (Å²) in [4.78, 5) is 0. The lowest BCUT2D eigenvalue weighted by atomic mass is 10.1. The summed E-state index contributed by atoms with van der Waals surface area (Å²) in [6.07, 6.45) is 0. The molecule has 86 valence electrons. The van der Waals surface area contributed by atoms with Crippen molar-refractivity contribution in [3.63, 3.8) is 0 Å². The number of hydrogen-bond donors (Lipinski definition) is 2. The lowest BCUT2D eigenvalue weighted by Gasteiger charge is -2.14. The Morgan fingerprint density at radius 1 is 1.31 bits per heavy atom. The number of nitrogens with one attached hydrogen (secondary N) is 1. The van der Waals surface area contributed by atoms with E-state index in [0.29, 0.717) is 8.67 Å². The Hall–Kier alpha value is 0.380. The van der Waals surface area contributed by atoms with Crippen LogP contribution < -0.4 is 11.3 Å². The van der Waals surface area contributed by atoms with Crippen LogP contribution in [-0.2, 0) is 0 Å². The Balaban J connectivity index is 2.44. The van der Waals surface area contributed by atoms with Gasteiger partial charge in [-0.05, 0) is 32.9 Å². The van der Waals surface area contributed by atoms with E-state index in [0.717, 1.165) is 15.6 Å². The third kappa shape index (κ3) is 2.46. The Bertz CT molecular complexity index is 497. The summed E-state index contributed by atoms with van der Waals surface area (Å²) < 4.78 is 2.33. The van der Waals surface area contributed by atoms with Crippen molar-refractivity contribution in [2.75, 3.05) is 0 Å². The van der Waals surface area contributed by atoms with Gasteiger partial charge in [-0.25, -0.2) is 5.43 Å². The normalized spacial score (nSPS) is 13.0. The first-order valence-corrected chi connectivity index (χ1v) is 7.56. The highest BCUT2D eigenvalue weighted by molar-refractivity contribution is 9.10. The molecule has 0 fully saturated rings. The standard InChI is InChI=1S/C9H7BrCl2N2S2/c10-6-3-15-2-5(6)8(14-13)4-1-7(11)16-9(4)12/h1-3,8,14H,13H2. The molecule has 0 aliphatic heterocycles. The smallest absolute Gasteiger partial charge is 0.0995 e. The van der Waals surface area contributed by atoms with Crippen molar-refractivity contribution in [1.82, 2.24) is 5.43 Å². The summed E-state index contributed by atoms with van der Waals surface area (Å²) in [5.41, 5.74) is 4.72. The molecule has 0 saturated heterocycles. The highest BCUT2D eigenvalue weighted by Crippen LogP contribution is 2.39. The number of hydrogen-bond acceptors (Lipinski definition) is 4. The SMILES string of the molecule is NNC(c1cscc1Br)c1cc(Cl)sc1Cl. The van der Waals surface area contributed by atoms with Crippen LogP contribution in [0.3, 0.4) is 0 Å². The maximum atomic E-state index is 6.11. The summed E-state index contributed by atoms with van der Waals surface area (Å²) in [6.45, 7) is 0. The van der Waals surface area contributed by atoms with Gasteiger partial charge < -0.3 is 0 Å². The molecule has 0 saturated carbocycles. The van der Waals surface area contributed by atoms with Crippen molar-refractivity contribution in [2.24, 2.45) is 5.84 Å². The molecule has 0 aliphatic carbocycles. The zero-order valence-electron chi connectivity index (χ0n) is 7.84. The van der Waals surface area contributed by atoms with Crippen LogP contribution in [0.5, 0.6) is 0 Å². The second kappa shape index (κ2) is 5.35. The Morgan fingerprint density at radius 3 is 2.50 bits per heavy atom. The number of hydrazine groups is 1. The summed E-state index contributed by atoms with van der Waals surface area (Å²) >= 11 is 18.5. The molecular formula is C9H7BrCl2N2S2. The van der Waals surface area contributed by atoms with E-state index in [4.69, 9.17) is 29.0 Å². The van der Waals surface area contributed by atoms with Gasteiger partial charge in [-0.1, -0.05) is 23.2 Å². The minimum atomic E-state index is -0.142. The van der Waals surface area contributed by atoms with Crippen LogP contribution in [0.2, 0.25) is 8.67 Å². The first-order chi connectivity index (χ1) is 7.63. The lowest BCUT2D eigenvalue weighted by molar-refractivity contribution is 0.639. The second-order valence-electron chi connectivity index (χ2n) is 3.05. The topological polar surface area (TPSA) is 38.0 Å². The molecular weight excluding hydrogens is 351 g/mol. The molecule has 0 aliphatic rings. The number of nitrogens with two attached hydrogens (primary N) is 1. The molecule has 0 radical (unpaired) electrons. The number of rotatable bonds is 3. The molecule has 1 unspecified atom stereocenters. The van der Waals surface area contributed by atoms with Gasteiger partial charge in [-0.3, -0.25) is 5.84 Å². The first-order valence-electron chi connectivity index (χ1n) is 4.26. The fraction of sp³-hybridized carbons (Fsp3) is 0.111. The molecule has 2 aromatic heterocycles. The first kappa shape index (κ1) is 12.8. The summed E-state index contributed by atoms with van der Waals surface area (Å²) in [5, 5.41) is 4.03. The molecule has 16 heavy (non-hydrogen) atoms. The number of halogens is 3. The predicted octanol–water partition coefficient (Wildman–Crippen LogP) is 4.43. The molecule has 1 atom stereocenters. The van der Waals surface area contributed by atoms with Gasteiger partial charge in [0.25, 0.3) is 0 Å². The molecule has 2 rings (SSSR count). The van der Waals surface area contributed by atoms with E-state index in [1.807, 2.05) is 16.8 Å². The van der Waals surface area contributed by atoms with Crippen molar-refractivity contribution >= 4 is 61.8 Å². The third-order valence-electron chi connectivity index (χ3n) is 2.11. The molecule has 3 N–H and O–H groups in total. The quantitative estimate of drug-likeness (QED) is 0.629. The maximum Gasteiger partial charge on any atom is 0.0995 e. The number of thiophene rings is 2. The van der Waals surface area contributed by atoms with E-state index >= 15 is 0 Å². The van der Waals surface area contributed by atoms with Crippen molar-refractivity contribution in [2.45, 2.75) is 6.04 Å². The van der Waals surface area contributed by atoms with E-state index < -0.39 is 0 Å². The Labute approximate surface area is 119 Å². The Morgan fingerprint density at radius 2 is 2.06 bits per heavy atom. The molecule has 2 nitrogen and oxygen atoms in total. The minimum Gasteiger partial charge on any atom is -0.271 e. The minimum absolute atomic E-state index is 0.142. The fourth-order valence-corrected chi connectivity index (χ4v) is 4.48. The van der Waals surface area contributed by atoms with Gasteiger partial charge in [0, 0.05) is 15.4 Å². The van der Waals surface area contributed by atoms with Gasteiger partial charge in [-0.15, -0.1) is 11.3 Å². The summed E-state index contributed by atoms with van der Waals surface area (Å²) in [7, 11) is 0. The molecule has 0 aromatic carbocycles. The van der Waals surface area contributed by atoms with Crippen molar-refractivity contribution in [3.05, 3.63) is 41.1 Å². The van der Waals surface area contributed by atoms with Crippen LogP contribution in [0.1, 0.15) is 17.2 Å². The third-order valence-corrected chi connectivity index (χ3v) is 5.38. The average Bonchev–Trinajstić information content (AvgIpc) is 2.77. The Kier molecular flexibility index (Phi) is 4.29. The van der Waals surface area contributed by atoms with Gasteiger partial charge in [0.1, 0.15) is 0 Å². The molecule has 0 spiro atoms. The maximum absolute atomic E-state index is 6.11.